The highest BCUT2D eigenvalue weighted by Crippen LogP contribution is 2.61. The minimum absolute atomic E-state index is 0.0986. The zero-order chi connectivity index (χ0) is 16.0. The van der Waals surface area contributed by atoms with Gasteiger partial charge in [-0.3, -0.25) is 9.59 Å². The van der Waals surface area contributed by atoms with E-state index in [9.17, 15) is 24.9 Å². The van der Waals surface area contributed by atoms with E-state index in [0.29, 0.717) is 18.4 Å². The molecule has 2 fully saturated rings. The van der Waals surface area contributed by atoms with Crippen molar-refractivity contribution in [2.45, 2.75) is 52.1 Å². The Morgan fingerprint density at radius 2 is 1.90 bits per heavy atom. The normalized spacial score (nSPS) is 43.2. The molecule has 0 heterocycles. The summed E-state index contributed by atoms with van der Waals surface area (Å²) in [5, 5.41) is 29.1. The minimum Gasteiger partial charge on any atom is -0.481 e. The van der Waals surface area contributed by atoms with Crippen molar-refractivity contribution in [1.82, 2.24) is 0 Å². The van der Waals surface area contributed by atoms with Crippen LogP contribution in [-0.2, 0) is 9.59 Å². The predicted octanol–water partition coefficient (Wildman–Crippen LogP) is 2.30. The lowest BCUT2D eigenvalue weighted by molar-refractivity contribution is -0.168. The van der Waals surface area contributed by atoms with Gasteiger partial charge in [-0.05, 0) is 49.0 Å². The summed E-state index contributed by atoms with van der Waals surface area (Å²) < 4.78 is 0. The predicted molar refractivity (Wildman–Crippen MR) is 76.7 cm³/mol. The number of aliphatic hydroxyl groups is 1. The maximum atomic E-state index is 11.8. The summed E-state index contributed by atoms with van der Waals surface area (Å²) in [7, 11) is 0. The highest BCUT2D eigenvalue weighted by Gasteiger charge is 2.59. The summed E-state index contributed by atoms with van der Waals surface area (Å²) in [6.07, 6.45) is 1.55. The van der Waals surface area contributed by atoms with Gasteiger partial charge in [0.15, 0.2) is 0 Å². The summed E-state index contributed by atoms with van der Waals surface area (Å²) in [6.45, 7) is 7.60. The third-order valence-corrected chi connectivity index (χ3v) is 5.97. The molecule has 5 heteroatoms. The van der Waals surface area contributed by atoms with Crippen molar-refractivity contribution in [1.29, 1.82) is 0 Å². The Hall–Kier alpha value is -1.36. The standard InChI is InChI=1S/C16H24O5/c1-9-10(7-13(18)19)15(2)5-4-6-16(3,14(20)21)12(15)8-11(9)17/h10-12,17H,1,4-8H2,2-3H3,(H,18,19)(H,20,21)/t10?,11?,12?,15-,16+/m1/s1. The molecule has 0 aromatic rings. The van der Waals surface area contributed by atoms with E-state index < -0.39 is 28.9 Å². The summed E-state index contributed by atoms with van der Waals surface area (Å²) in [6, 6.07) is 0. The summed E-state index contributed by atoms with van der Waals surface area (Å²) in [4.78, 5) is 23.0. The number of hydrogen-bond donors (Lipinski definition) is 3. The van der Waals surface area contributed by atoms with Crippen LogP contribution >= 0.6 is 0 Å². The molecule has 0 amide bonds. The number of fused-ring (bicyclic) bond motifs is 1. The van der Waals surface area contributed by atoms with E-state index in [1.165, 1.54) is 0 Å². The van der Waals surface area contributed by atoms with Crippen LogP contribution in [0.1, 0.15) is 46.0 Å². The lowest BCUT2D eigenvalue weighted by Crippen LogP contribution is -2.56. The molecule has 21 heavy (non-hydrogen) atoms. The van der Waals surface area contributed by atoms with Gasteiger partial charge in [0.05, 0.1) is 17.9 Å². The molecule has 0 aliphatic heterocycles. The van der Waals surface area contributed by atoms with E-state index in [0.717, 1.165) is 12.8 Å². The van der Waals surface area contributed by atoms with Crippen molar-refractivity contribution in [3.8, 4) is 0 Å². The van der Waals surface area contributed by atoms with Crippen LogP contribution in [0.3, 0.4) is 0 Å². The van der Waals surface area contributed by atoms with Gasteiger partial charge in [0.1, 0.15) is 0 Å². The first-order valence-electron chi connectivity index (χ1n) is 7.45. The minimum atomic E-state index is -0.933. The van der Waals surface area contributed by atoms with Gasteiger partial charge >= 0.3 is 11.9 Å². The van der Waals surface area contributed by atoms with Crippen molar-refractivity contribution in [3.63, 3.8) is 0 Å². The molecule has 3 unspecified atom stereocenters. The largest absolute Gasteiger partial charge is 0.481 e. The van der Waals surface area contributed by atoms with Crippen molar-refractivity contribution in [2.24, 2.45) is 22.7 Å². The maximum absolute atomic E-state index is 11.8. The fraction of sp³-hybridized carbons (Fsp3) is 0.750. The molecular weight excluding hydrogens is 272 g/mol. The topological polar surface area (TPSA) is 94.8 Å². The first-order chi connectivity index (χ1) is 9.63. The first-order valence-corrected chi connectivity index (χ1v) is 7.45. The van der Waals surface area contributed by atoms with Crippen molar-refractivity contribution >= 4 is 11.9 Å². The Morgan fingerprint density at radius 1 is 1.29 bits per heavy atom. The van der Waals surface area contributed by atoms with Gasteiger partial charge in [-0.1, -0.05) is 19.9 Å². The first kappa shape index (κ1) is 16.0. The molecule has 0 saturated heterocycles. The number of carboxylic acids is 2. The second kappa shape index (κ2) is 5.13. The Balaban J connectivity index is 2.47. The summed E-state index contributed by atoms with van der Waals surface area (Å²) in [5.41, 5.74) is -0.795. The molecule has 2 aliphatic carbocycles. The Morgan fingerprint density at radius 3 is 2.43 bits per heavy atom. The van der Waals surface area contributed by atoms with Gasteiger partial charge in [0.2, 0.25) is 0 Å². The molecule has 5 atom stereocenters. The molecule has 0 spiro atoms. The highest BCUT2D eigenvalue weighted by molar-refractivity contribution is 5.75. The second-order valence-corrected chi connectivity index (χ2v) is 7.11. The number of carboxylic acid groups (broad SMARTS) is 2. The van der Waals surface area contributed by atoms with Crippen molar-refractivity contribution < 1.29 is 24.9 Å². The average molecular weight is 296 g/mol. The van der Waals surface area contributed by atoms with E-state index in [1.807, 2.05) is 6.92 Å². The third-order valence-electron chi connectivity index (χ3n) is 5.97. The molecule has 118 valence electrons. The van der Waals surface area contributed by atoms with Gasteiger partial charge in [-0.2, -0.15) is 0 Å². The Kier molecular flexibility index (Phi) is 3.91. The lowest BCUT2D eigenvalue weighted by atomic mass is 9.46. The molecule has 2 rings (SSSR count). The molecule has 3 N–H and O–H groups in total. The van der Waals surface area contributed by atoms with Crippen LogP contribution in [0.5, 0.6) is 0 Å². The molecule has 0 radical (unpaired) electrons. The maximum Gasteiger partial charge on any atom is 0.309 e. The van der Waals surface area contributed by atoms with E-state index in [2.05, 4.69) is 6.58 Å². The molecule has 2 saturated carbocycles. The monoisotopic (exact) mass is 296 g/mol. The van der Waals surface area contributed by atoms with E-state index >= 15 is 0 Å². The van der Waals surface area contributed by atoms with Crippen LogP contribution in [0.2, 0.25) is 0 Å². The van der Waals surface area contributed by atoms with E-state index in [1.54, 1.807) is 6.92 Å². The number of hydrogen-bond acceptors (Lipinski definition) is 3. The zero-order valence-corrected chi connectivity index (χ0v) is 12.6. The molecule has 2 aliphatic rings. The fourth-order valence-corrected chi connectivity index (χ4v) is 4.68. The second-order valence-electron chi connectivity index (χ2n) is 7.11. The zero-order valence-electron chi connectivity index (χ0n) is 12.6. The third kappa shape index (κ3) is 2.37. The lowest BCUT2D eigenvalue weighted by Gasteiger charge is -2.58. The Labute approximate surface area is 124 Å². The number of rotatable bonds is 3. The SMILES string of the molecule is C=C1C(O)CC2[C@](C)(CCC[C@]2(C)C(=O)O)C1CC(=O)O. The van der Waals surface area contributed by atoms with Gasteiger partial charge < -0.3 is 15.3 Å². The number of aliphatic carboxylic acids is 2. The quantitative estimate of drug-likeness (QED) is 0.695. The van der Waals surface area contributed by atoms with Crippen LogP contribution in [0.25, 0.3) is 0 Å². The number of carbonyl (C=O) groups is 2. The Bertz CT molecular complexity index is 485. The molecule has 0 bridgehead atoms. The van der Waals surface area contributed by atoms with Crippen LogP contribution in [0.4, 0.5) is 0 Å². The van der Waals surface area contributed by atoms with Gasteiger partial charge in [0, 0.05) is 0 Å². The van der Waals surface area contributed by atoms with Crippen molar-refractivity contribution in [3.05, 3.63) is 12.2 Å². The van der Waals surface area contributed by atoms with Gasteiger partial charge in [-0.25, -0.2) is 0 Å². The van der Waals surface area contributed by atoms with Crippen LogP contribution in [0, 0.1) is 22.7 Å². The average Bonchev–Trinajstić information content (AvgIpc) is 2.37. The summed E-state index contributed by atoms with van der Waals surface area (Å²) >= 11 is 0. The fourth-order valence-electron chi connectivity index (χ4n) is 4.68. The van der Waals surface area contributed by atoms with Gasteiger partial charge in [0.25, 0.3) is 0 Å². The molecule has 5 nitrogen and oxygen atoms in total. The smallest absolute Gasteiger partial charge is 0.309 e. The van der Waals surface area contributed by atoms with Crippen LogP contribution < -0.4 is 0 Å². The molecule has 0 aromatic heterocycles. The highest BCUT2D eigenvalue weighted by atomic mass is 16.4. The molecular formula is C16H24O5. The van der Waals surface area contributed by atoms with Crippen LogP contribution in [0.15, 0.2) is 12.2 Å². The number of aliphatic hydroxyl groups excluding tert-OH is 1. The molecule has 0 aromatic carbocycles. The summed E-state index contributed by atoms with van der Waals surface area (Å²) in [5.74, 6) is -2.39. The van der Waals surface area contributed by atoms with E-state index in [4.69, 9.17) is 0 Å². The van der Waals surface area contributed by atoms with Crippen LogP contribution in [-0.4, -0.2) is 33.4 Å². The van der Waals surface area contributed by atoms with Crippen molar-refractivity contribution in [2.75, 3.05) is 0 Å². The van der Waals surface area contributed by atoms with Gasteiger partial charge in [-0.15, -0.1) is 0 Å². The van der Waals surface area contributed by atoms with E-state index in [-0.39, 0.29) is 18.3 Å².